The number of hydrogen-bond donors (Lipinski definition) is 1. The van der Waals surface area contributed by atoms with Crippen LogP contribution in [0.5, 0.6) is 0 Å². The third kappa shape index (κ3) is 1.32. The van der Waals surface area contributed by atoms with Crippen LogP contribution in [0.3, 0.4) is 0 Å². The largest absolute Gasteiger partial charge is 0.480 e. The number of carboxylic acids is 1. The Balaban J connectivity index is 1.86. The highest BCUT2D eigenvalue weighted by molar-refractivity contribution is 5.75. The third-order valence-electron chi connectivity index (χ3n) is 4.74. The number of nitrogens with zero attached hydrogens (tertiary/aromatic N) is 1. The van der Waals surface area contributed by atoms with Gasteiger partial charge in [0.15, 0.2) is 0 Å². The molecule has 0 aromatic carbocycles. The highest BCUT2D eigenvalue weighted by Crippen LogP contribution is 2.48. The van der Waals surface area contributed by atoms with Gasteiger partial charge in [0.05, 0.1) is 0 Å². The summed E-state index contributed by atoms with van der Waals surface area (Å²) in [6.45, 7) is 1.02. The number of rotatable bonds is 1. The Morgan fingerprint density at radius 2 is 1.80 bits per heavy atom. The maximum atomic E-state index is 11.3. The molecule has 3 rings (SSSR count). The fourth-order valence-corrected chi connectivity index (χ4v) is 4.04. The molecule has 0 spiro atoms. The quantitative estimate of drug-likeness (QED) is 0.715. The second kappa shape index (κ2) is 3.48. The zero-order valence-electron chi connectivity index (χ0n) is 9.06. The minimum atomic E-state index is -0.575. The van der Waals surface area contributed by atoms with E-state index in [-0.39, 0.29) is 6.04 Å². The van der Waals surface area contributed by atoms with Crippen LogP contribution in [0, 0.1) is 11.8 Å². The molecule has 3 heteroatoms. The second-order valence-corrected chi connectivity index (χ2v) is 5.34. The van der Waals surface area contributed by atoms with E-state index in [1.165, 1.54) is 32.1 Å². The van der Waals surface area contributed by atoms with Crippen molar-refractivity contribution in [3.63, 3.8) is 0 Å². The molecule has 0 aromatic heterocycles. The van der Waals surface area contributed by atoms with Gasteiger partial charge in [0, 0.05) is 12.6 Å². The van der Waals surface area contributed by atoms with Crippen LogP contribution >= 0.6 is 0 Å². The van der Waals surface area contributed by atoms with Crippen LogP contribution in [-0.4, -0.2) is 34.6 Å². The highest BCUT2D eigenvalue weighted by Gasteiger charge is 2.55. The smallest absolute Gasteiger partial charge is 0.321 e. The van der Waals surface area contributed by atoms with E-state index >= 15 is 0 Å². The number of hydrogen-bond acceptors (Lipinski definition) is 2. The van der Waals surface area contributed by atoms with Gasteiger partial charge in [-0.1, -0.05) is 19.3 Å². The minimum Gasteiger partial charge on any atom is -0.480 e. The first kappa shape index (κ1) is 9.64. The SMILES string of the molecule is O=C(O)C1C2CCCCCC2C2CCN21. The van der Waals surface area contributed by atoms with Crippen molar-refractivity contribution in [2.45, 2.75) is 50.6 Å². The van der Waals surface area contributed by atoms with E-state index in [0.29, 0.717) is 17.9 Å². The third-order valence-corrected chi connectivity index (χ3v) is 4.74. The maximum absolute atomic E-state index is 11.3. The average Bonchev–Trinajstić information content (AvgIpc) is 2.35. The molecular formula is C12H19NO2. The van der Waals surface area contributed by atoms with Crippen molar-refractivity contribution in [3.8, 4) is 0 Å². The lowest BCUT2D eigenvalue weighted by Crippen LogP contribution is -2.51. The van der Waals surface area contributed by atoms with Gasteiger partial charge in [-0.05, 0) is 31.1 Å². The van der Waals surface area contributed by atoms with E-state index in [1.54, 1.807) is 0 Å². The first-order chi connectivity index (χ1) is 7.29. The van der Waals surface area contributed by atoms with Gasteiger partial charge in [0.25, 0.3) is 0 Å². The molecule has 3 nitrogen and oxygen atoms in total. The summed E-state index contributed by atoms with van der Waals surface area (Å²) in [4.78, 5) is 13.6. The Hall–Kier alpha value is -0.570. The van der Waals surface area contributed by atoms with Crippen LogP contribution in [0.1, 0.15) is 38.5 Å². The molecule has 0 amide bonds. The van der Waals surface area contributed by atoms with E-state index in [1.807, 2.05) is 0 Å². The van der Waals surface area contributed by atoms with Crippen LogP contribution in [0.15, 0.2) is 0 Å². The van der Waals surface area contributed by atoms with Crippen molar-refractivity contribution >= 4 is 5.97 Å². The van der Waals surface area contributed by atoms with E-state index in [9.17, 15) is 9.90 Å². The topological polar surface area (TPSA) is 40.5 Å². The molecule has 2 saturated heterocycles. The lowest BCUT2D eigenvalue weighted by Gasteiger charge is -2.39. The lowest BCUT2D eigenvalue weighted by atomic mass is 9.82. The maximum Gasteiger partial charge on any atom is 0.321 e. The van der Waals surface area contributed by atoms with Crippen molar-refractivity contribution in [1.29, 1.82) is 0 Å². The van der Waals surface area contributed by atoms with E-state index in [2.05, 4.69) is 4.90 Å². The lowest BCUT2D eigenvalue weighted by molar-refractivity contribution is -0.145. The van der Waals surface area contributed by atoms with Crippen LogP contribution < -0.4 is 0 Å². The second-order valence-electron chi connectivity index (χ2n) is 5.34. The molecule has 1 aliphatic carbocycles. The summed E-state index contributed by atoms with van der Waals surface area (Å²) in [5.74, 6) is 0.578. The first-order valence-electron chi connectivity index (χ1n) is 6.27. The Morgan fingerprint density at radius 3 is 2.40 bits per heavy atom. The molecule has 84 valence electrons. The van der Waals surface area contributed by atoms with E-state index in [0.717, 1.165) is 13.0 Å². The summed E-state index contributed by atoms with van der Waals surface area (Å²) in [6, 6.07) is 0.473. The molecule has 2 heterocycles. The molecular weight excluding hydrogens is 190 g/mol. The van der Waals surface area contributed by atoms with Crippen molar-refractivity contribution < 1.29 is 9.90 Å². The summed E-state index contributed by atoms with van der Waals surface area (Å²) in [5, 5.41) is 9.32. The Kier molecular flexibility index (Phi) is 2.23. The monoisotopic (exact) mass is 209 g/mol. The van der Waals surface area contributed by atoms with Gasteiger partial charge in [-0.2, -0.15) is 0 Å². The van der Waals surface area contributed by atoms with Gasteiger partial charge < -0.3 is 5.11 Å². The fraction of sp³-hybridized carbons (Fsp3) is 0.917. The fourth-order valence-electron chi connectivity index (χ4n) is 4.04. The molecule has 0 radical (unpaired) electrons. The zero-order valence-corrected chi connectivity index (χ0v) is 9.06. The summed E-state index contributed by atoms with van der Waals surface area (Å²) < 4.78 is 0. The molecule has 1 saturated carbocycles. The molecule has 1 N–H and O–H groups in total. The molecule has 2 aliphatic heterocycles. The van der Waals surface area contributed by atoms with Gasteiger partial charge in [-0.25, -0.2) is 0 Å². The zero-order chi connectivity index (χ0) is 10.4. The van der Waals surface area contributed by atoms with Crippen molar-refractivity contribution in [1.82, 2.24) is 4.90 Å². The summed E-state index contributed by atoms with van der Waals surface area (Å²) in [7, 11) is 0. The average molecular weight is 209 g/mol. The van der Waals surface area contributed by atoms with Gasteiger partial charge in [-0.3, -0.25) is 9.69 Å². The number of carbonyl (C=O) groups is 1. The predicted octanol–water partition coefficient (Wildman–Crippen LogP) is 1.72. The van der Waals surface area contributed by atoms with Gasteiger partial charge >= 0.3 is 5.97 Å². The number of aliphatic carboxylic acids is 1. The van der Waals surface area contributed by atoms with Gasteiger partial charge in [-0.15, -0.1) is 0 Å². The number of fused-ring (bicyclic) bond motifs is 3. The predicted molar refractivity (Wildman–Crippen MR) is 56.6 cm³/mol. The normalized spacial score (nSPS) is 45.1. The highest BCUT2D eigenvalue weighted by atomic mass is 16.4. The Labute approximate surface area is 90.5 Å². The summed E-state index contributed by atoms with van der Waals surface area (Å²) in [5.41, 5.74) is 0. The molecule has 3 fully saturated rings. The van der Waals surface area contributed by atoms with Crippen molar-refractivity contribution in [2.75, 3.05) is 6.54 Å². The number of carboxylic acid groups (broad SMARTS) is 1. The van der Waals surface area contributed by atoms with E-state index in [4.69, 9.17) is 0 Å². The molecule has 4 atom stereocenters. The molecule has 15 heavy (non-hydrogen) atoms. The summed E-state index contributed by atoms with van der Waals surface area (Å²) >= 11 is 0. The Morgan fingerprint density at radius 1 is 1.07 bits per heavy atom. The molecule has 0 aromatic rings. The van der Waals surface area contributed by atoms with E-state index < -0.39 is 5.97 Å². The standard InChI is InChI=1S/C12H19NO2/c14-12(15)11-9-5-3-1-2-4-8(9)10-6-7-13(10)11/h8-11H,1-7H2,(H,14,15). The van der Waals surface area contributed by atoms with Crippen LogP contribution in [0.25, 0.3) is 0 Å². The molecule has 4 unspecified atom stereocenters. The van der Waals surface area contributed by atoms with Gasteiger partial charge in [0.1, 0.15) is 6.04 Å². The van der Waals surface area contributed by atoms with Crippen LogP contribution in [0.4, 0.5) is 0 Å². The molecule has 3 aliphatic rings. The van der Waals surface area contributed by atoms with Gasteiger partial charge in [0.2, 0.25) is 0 Å². The summed E-state index contributed by atoms with van der Waals surface area (Å²) in [6.07, 6.45) is 7.53. The van der Waals surface area contributed by atoms with Crippen LogP contribution in [-0.2, 0) is 4.79 Å². The van der Waals surface area contributed by atoms with Crippen molar-refractivity contribution in [3.05, 3.63) is 0 Å². The van der Waals surface area contributed by atoms with Crippen LogP contribution in [0.2, 0.25) is 0 Å². The molecule has 0 bridgehead atoms. The Bertz CT molecular complexity index is 279. The minimum absolute atomic E-state index is 0.146. The van der Waals surface area contributed by atoms with Crippen molar-refractivity contribution in [2.24, 2.45) is 11.8 Å². The first-order valence-corrected chi connectivity index (χ1v) is 6.27.